The van der Waals surface area contributed by atoms with E-state index in [0.29, 0.717) is 16.6 Å². The summed E-state index contributed by atoms with van der Waals surface area (Å²) < 4.78 is 1.85. The molecule has 0 saturated carbocycles. The third kappa shape index (κ3) is 2.65. The second kappa shape index (κ2) is 4.72. The molecule has 0 unspecified atom stereocenters. The van der Waals surface area contributed by atoms with Gasteiger partial charge in [-0.05, 0) is 18.2 Å². The molecule has 16 heavy (non-hydrogen) atoms. The van der Waals surface area contributed by atoms with Gasteiger partial charge in [0.25, 0.3) is 0 Å². The zero-order chi connectivity index (χ0) is 11.5. The fourth-order valence-electron chi connectivity index (χ4n) is 1.30. The van der Waals surface area contributed by atoms with Crippen molar-refractivity contribution in [2.45, 2.75) is 6.54 Å². The highest BCUT2D eigenvalue weighted by Gasteiger charge is 2.01. The topological polar surface area (TPSA) is 42.7 Å². The molecule has 0 saturated heterocycles. The smallest absolute Gasteiger partial charge is 0.151 e. The van der Waals surface area contributed by atoms with Gasteiger partial charge in [-0.2, -0.15) is 0 Å². The van der Waals surface area contributed by atoms with E-state index in [2.05, 4.69) is 15.5 Å². The molecule has 6 heteroatoms. The molecule has 1 aromatic carbocycles. The lowest BCUT2D eigenvalue weighted by Gasteiger charge is -2.06. The van der Waals surface area contributed by atoms with Crippen molar-refractivity contribution in [1.29, 1.82) is 0 Å². The van der Waals surface area contributed by atoms with Gasteiger partial charge in [0, 0.05) is 22.8 Å². The molecule has 2 rings (SSSR count). The first-order valence-electron chi connectivity index (χ1n) is 4.68. The van der Waals surface area contributed by atoms with Gasteiger partial charge in [0.15, 0.2) is 5.82 Å². The average Bonchev–Trinajstić information content (AvgIpc) is 2.59. The van der Waals surface area contributed by atoms with Crippen LogP contribution in [0.4, 0.5) is 5.69 Å². The fourth-order valence-corrected chi connectivity index (χ4v) is 1.83. The Hall–Kier alpha value is -1.26. The maximum absolute atomic E-state index is 5.88. The Kier molecular flexibility index (Phi) is 3.31. The fraction of sp³-hybridized carbons (Fsp3) is 0.200. The number of benzene rings is 1. The van der Waals surface area contributed by atoms with Crippen LogP contribution in [0.3, 0.4) is 0 Å². The minimum absolute atomic E-state index is 0.577. The molecule has 1 heterocycles. The molecule has 0 bridgehead atoms. The minimum atomic E-state index is 0.577. The maximum Gasteiger partial charge on any atom is 0.151 e. The van der Waals surface area contributed by atoms with E-state index in [-0.39, 0.29) is 0 Å². The summed E-state index contributed by atoms with van der Waals surface area (Å²) in [4.78, 5) is 0. The lowest BCUT2D eigenvalue weighted by Crippen LogP contribution is -2.05. The van der Waals surface area contributed by atoms with Gasteiger partial charge >= 0.3 is 0 Å². The van der Waals surface area contributed by atoms with Crippen LogP contribution in [0.1, 0.15) is 5.82 Å². The zero-order valence-corrected chi connectivity index (χ0v) is 10.1. The van der Waals surface area contributed by atoms with Gasteiger partial charge < -0.3 is 9.88 Å². The third-order valence-corrected chi connectivity index (χ3v) is 2.55. The summed E-state index contributed by atoms with van der Waals surface area (Å²) in [5.41, 5.74) is 0.862. The second-order valence-electron chi connectivity index (χ2n) is 3.37. The molecule has 0 fully saturated rings. The standard InChI is InChI=1S/C10H10Cl2N4/c1-16-6-14-15-10(16)5-13-9-3-7(11)2-8(12)4-9/h2-4,6,13H,5H2,1H3. The summed E-state index contributed by atoms with van der Waals surface area (Å²) >= 11 is 11.8. The SMILES string of the molecule is Cn1cnnc1CNc1cc(Cl)cc(Cl)c1. The number of anilines is 1. The number of aromatic nitrogens is 3. The molecule has 0 amide bonds. The molecule has 84 valence electrons. The number of nitrogens with one attached hydrogen (secondary N) is 1. The molecule has 0 aliphatic rings. The Bertz CT molecular complexity index is 475. The van der Waals surface area contributed by atoms with Gasteiger partial charge in [-0.1, -0.05) is 23.2 Å². The van der Waals surface area contributed by atoms with Crippen molar-refractivity contribution in [1.82, 2.24) is 14.8 Å². The number of nitrogens with zero attached hydrogens (tertiary/aromatic N) is 3. The molecule has 4 nitrogen and oxygen atoms in total. The maximum atomic E-state index is 5.88. The molecule has 0 spiro atoms. The summed E-state index contributed by atoms with van der Waals surface area (Å²) in [7, 11) is 1.89. The Morgan fingerprint density at radius 2 is 1.94 bits per heavy atom. The molecular weight excluding hydrogens is 247 g/mol. The van der Waals surface area contributed by atoms with Crippen molar-refractivity contribution in [3.8, 4) is 0 Å². The van der Waals surface area contributed by atoms with Crippen LogP contribution >= 0.6 is 23.2 Å². The predicted octanol–water partition coefficient (Wildman–Crippen LogP) is 2.73. The molecule has 0 aliphatic carbocycles. The van der Waals surface area contributed by atoms with E-state index < -0.39 is 0 Å². The highest BCUT2D eigenvalue weighted by Crippen LogP contribution is 2.22. The van der Waals surface area contributed by atoms with E-state index in [1.165, 1.54) is 0 Å². The molecule has 1 N–H and O–H groups in total. The molecule has 0 radical (unpaired) electrons. The first kappa shape index (κ1) is 11.2. The predicted molar refractivity (Wildman–Crippen MR) is 64.8 cm³/mol. The Morgan fingerprint density at radius 1 is 1.25 bits per heavy atom. The molecular formula is C10H10Cl2N4. The van der Waals surface area contributed by atoms with Crippen molar-refractivity contribution >= 4 is 28.9 Å². The van der Waals surface area contributed by atoms with Crippen LogP contribution in [0.25, 0.3) is 0 Å². The normalized spacial score (nSPS) is 10.4. The minimum Gasteiger partial charge on any atom is -0.378 e. The van der Waals surface area contributed by atoms with E-state index in [4.69, 9.17) is 23.2 Å². The van der Waals surface area contributed by atoms with Crippen LogP contribution < -0.4 is 5.32 Å². The quantitative estimate of drug-likeness (QED) is 0.919. The van der Waals surface area contributed by atoms with Crippen LogP contribution in [0.15, 0.2) is 24.5 Å². The van der Waals surface area contributed by atoms with Gasteiger partial charge in [0.1, 0.15) is 6.33 Å². The number of hydrogen-bond donors (Lipinski definition) is 1. The van der Waals surface area contributed by atoms with Gasteiger partial charge in [0.2, 0.25) is 0 Å². The van der Waals surface area contributed by atoms with E-state index in [1.54, 1.807) is 12.4 Å². The van der Waals surface area contributed by atoms with Crippen LogP contribution in [-0.4, -0.2) is 14.8 Å². The second-order valence-corrected chi connectivity index (χ2v) is 4.24. The zero-order valence-electron chi connectivity index (χ0n) is 8.61. The molecule has 0 aliphatic heterocycles. The average molecular weight is 257 g/mol. The van der Waals surface area contributed by atoms with Crippen LogP contribution in [0.5, 0.6) is 0 Å². The van der Waals surface area contributed by atoms with Gasteiger partial charge in [0.05, 0.1) is 6.54 Å². The highest BCUT2D eigenvalue weighted by molar-refractivity contribution is 6.35. The van der Waals surface area contributed by atoms with Crippen molar-refractivity contribution in [2.75, 3.05) is 5.32 Å². The molecule has 1 aromatic heterocycles. The van der Waals surface area contributed by atoms with Gasteiger partial charge in [-0.15, -0.1) is 10.2 Å². The van der Waals surface area contributed by atoms with Crippen LogP contribution in [-0.2, 0) is 13.6 Å². The summed E-state index contributed by atoms with van der Waals surface area (Å²) in [6, 6.07) is 5.31. The summed E-state index contributed by atoms with van der Waals surface area (Å²) in [5.74, 6) is 0.844. The van der Waals surface area contributed by atoms with Crippen molar-refractivity contribution < 1.29 is 0 Å². The third-order valence-electron chi connectivity index (χ3n) is 2.12. The number of rotatable bonds is 3. The first-order valence-corrected chi connectivity index (χ1v) is 5.43. The lowest BCUT2D eigenvalue weighted by atomic mass is 10.3. The van der Waals surface area contributed by atoms with Crippen LogP contribution in [0.2, 0.25) is 10.0 Å². The Morgan fingerprint density at radius 3 is 2.50 bits per heavy atom. The Balaban J connectivity index is 2.07. The molecule has 0 atom stereocenters. The number of hydrogen-bond acceptors (Lipinski definition) is 3. The van der Waals surface area contributed by atoms with Crippen molar-refractivity contribution in [3.63, 3.8) is 0 Å². The number of halogens is 2. The van der Waals surface area contributed by atoms with Crippen molar-refractivity contribution in [3.05, 3.63) is 40.4 Å². The highest BCUT2D eigenvalue weighted by atomic mass is 35.5. The number of aryl methyl sites for hydroxylation is 1. The van der Waals surface area contributed by atoms with Gasteiger partial charge in [-0.3, -0.25) is 0 Å². The Labute approximate surface area is 103 Å². The van der Waals surface area contributed by atoms with E-state index in [9.17, 15) is 0 Å². The lowest BCUT2D eigenvalue weighted by molar-refractivity contribution is 0.812. The largest absolute Gasteiger partial charge is 0.378 e. The summed E-state index contributed by atoms with van der Waals surface area (Å²) in [6.45, 7) is 0.577. The summed E-state index contributed by atoms with van der Waals surface area (Å²) in [6.07, 6.45) is 1.65. The van der Waals surface area contributed by atoms with E-state index in [0.717, 1.165) is 11.5 Å². The van der Waals surface area contributed by atoms with Crippen LogP contribution in [0, 0.1) is 0 Å². The van der Waals surface area contributed by atoms with E-state index in [1.807, 2.05) is 23.7 Å². The van der Waals surface area contributed by atoms with Crippen molar-refractivity contribution in [2.24, 2.45) is 7.05 Å². The van der Waals surface area contributed by atoms with E-state index >= 15 is 0 Å². The monoisotopic (exact) mass is 256 g/mol. The molecule has 2 aromatic rings. The first-order chi connectivity index (χ1) is 7.65. The van der Waals surface area contributed by atoms with Gasteiger partial charge in [-0.25, -0.2) is 0 Å². The summed E-state index contributed by atoms with van der Waals surface area (Å²) in [5, 5.41) is 12.1.